The number of methoxy groups -OCH3 is 1. The van der Waals surface area contributed by atoms with Crippen LogP contribution in [-0.2, 0) is 9.53 Å². The van der Waals surface area contributed by atoms with E-state index >= 15 is 0 Å². The minimum absolute atomic E-state index is 0.251. The Labute approximate surface area is 245 Å². The molecule has 0 aliphatic carbocycles. The lowest BCUT2D eigenvalue weighted by atomic mass is 10.2. The lowest BCUT2D eigenvalue weighted by Crippen LogP contribution is -2.20. The molecule has 40 heavy (non-hydrogen) atoms. The normalized spacial score (nSPS) is 11.6. The second kappa shape index (κ2) is 11.6. The van der Waals surface area contributed by atoms with Gasteiger partial charge in [-0.25, -0.2) is 9.78 Å². The Hall–Kier alpha value is -3.96. The number of hydrogen-bond acceptors (Lipinski definition) is 8. The first-order valence-electron chi connectivity index (χ1n) is 12.2. The van der Waals surface area contributed by atoms with E-state index in [0.717, 1.165) is 9.86 Å². The van der Waals surface area contributed by atoms with Crippen LogP contribution in [0.5, 0.6) is 11.5 Å². The maximum Gasteiger partial charge on any atom is 0.344 e. The van der Waals surface area contributed by atoms with Gasteiger partial charge >= 0.3 is 5.97 Å². The Morgan fingerprint density at radius 3 is 2.70 bits per heavy atom. The van der Waals surface area contributed by atoms with E-state index in [-0.39, 0.29) is 24.1 Å². The number of carbonyl (C=O) groups is 1. The zero-order valence-electron chi connectivity index (χ0n) is 21.7. The molecule has 11 heteroatoms. The number of hydrogen-bond donors (Lipinski definition) is 0. The van der Waals surface area contributed by atoms with E-state index in [2.05, 4.69) is 37.0 Å². The quantitative estimate of drug-likeness (QED) is 0.136. The van der Waals surface area contributed by atoms with Crippen molar-refractivity contribution in [3.63, 3.8) is 0 Å². The Morgan fingerprint density at radius 2 is 1.93 bits per heavy atom. The summed E-state index contributed by atoms with van der Waals surface area (Å²) in [7, 11) is 1.48. The summed E-state index contributed by atoms with van der Waals surface area (Å²) in [5.41, 5.74) is 1.42. The number of esters is 1. The van der Waals surface area contributed by atoms with Gasteiger partial charge in [-0.05, 0) is 83.9 Å². The molecule has 0 aliphatic heterocycles. The van der Waals surface area contributed by atoms with Gasteiger partial charge in [-0.3, -0.25) is 4.79 Å². The van der Waals surface area contributed by atoms with Gasteiger partial charge in [0, 0.05) is 9.86 Å². The highest BCUT2D eigenvalue weighted by molar-refractivity contribution is 9.10. The molecule has 2 heterocycles. The molecule has 0 radical (unpaired) electrons. The Bertz CT molecular complexity index is 1830. The molecule has 9 nitrogen and oxygen atoms in total. The van der Waals surface area contributed by atoms with Crippen molar-refractivity contribution in [3.05, 3.63) is 85.5 Å². The van der Waals surface area contributed by atoms with Crippen LogP contribution >= 0.6 is 31.9 Å². The molecule has 0 saturated carbocycles. The number of furan rings is 1. The van der Waals surface area contributed by atoms with E-state index in [1.54, 1.807) is 44.2 Å². The zero-order chi connectivity index (χ0) is 28.4. The van der Waals surface area contributed by atoms with Gasteiger partial charge in [0.1, 0.15) is 5.58 Å². The third-order valence-electron chi connectivity index (χ3n) is 5.73. The lowest BCUT2D eigenvalue weighted by molar-refractivity contribution is -0.149. The van der Waals surface area contributed by atoms with Gasteiger partial charge in [0.2, 0.25) is 5.82 Å². The van der Waals surface area contributed by atoms with Crippen LogP contribution < -0.4 is 15.0 Å². The molecule has 0 aliphatic rings. The fourth-order valence-corrected chi connectivity index (χ4v) is 4.97. The lowest BCUT2D eigenvalue weighted by Gasteiger charge is -2.14. The van der Waals surface area contributed by atoms with Crippen LogP contribution in [0.15, 0.2) is 83.9 Å². The number of halogens is 2. The number of fused-ring (bicyclic) bond motifs is 2. The molecule has 0 atom stereocenters. The number of rotatable bonds is 8. The number of nitrogens with zero attached hydrogens (tertiary/aromatic N) is 3. The summed E-state index contributed by atoms with van der Waals surface area (Å²) >= 11 is 6.95. The molecule has 0 amide bonds. The molecular formula is C29H23Br2N3O6. The summed E-state index contributed by atoms with van der Waals surface area (Å²) in [6, 6.07) is 17.9. The van der Waals surface area contributed by atoms with E-state index in [4.69, 9.17) is 23.6 Å². The van der Waals surface area contributed by atoms with Crippen LogP contribution in [0.4, 0.5) is 0 Å². The SMILES string of the molecule is COc1cc(C=Nn2c(-c3cc4cc(Br)ccc4o3)nc3ccccc3c2=O)cc(Br)c1OCC(=O)OC(C)C. The van der Waals surface area contributed by atoms with Gasteiger partial charge in [-0.1, -0.05) is 28.1 Å². The first-order chi connectivity index (χ1) is 19.2. The smallest absolute Gasteiger partial charge is 0.344 e. The summed E-state index contributed by atoms with van der Waals surface area (Å²) in [6.07, 6.45) is 1.25. The van der Waals surface area contributed by atoms with Crippen LogP contribution in [0.2, 0.25) is 0 Å². The van der Waals surface area contributed by atoms with E-state index in [0.29, 0.717) is 43.8 Å². The number of benzene rings is 3. The first kappa shape index (κ1) is 27.6. The first-order valence-corrected chi connectivity index (χ1v) is 13.8. The molecule has 0 fully saturated rings. The van der Waals surface area contributed by atoms with E-state index in [1.165, 1.54) is 18.0 Å². The highest BCUT2D eigenvalue weighted by atomic mass is 79.9. The summed E-state index contributed by atoms with van der Waals surface area (Å²) in [5, 5.41) is 5.77. The number of para-hydroxylation sites is 1. The standard InChI is InChI=1S/C29H23Br2N3O6/c1-16(2)39-26(35)15-38-27-21(31)10-17(11-24(27)37-3)14-32-34-28(33-22-7-5-4-6-20(22)29(34)36)25-13-18-12-19(30)8-9-23(18)40-25/h4-14,16H,15H2,1-3H3. The van der Waals surface area contributed by atoms with Crippen LogP contribution in [0.3, 0.4) is 0 Å². The molecule has 204 valence electrons. The highest BCUT2D eigenvalue weighted by Gasteiger charge is 2.18. The molecular weight excluding hydrogens is 646 g/mol. The minimum atomic E-state index is -0.497. The van der Waals surface area contributed by atoms with E-state index in [1.807, 2.05) is 30.3 Å². The van der Waals surface area contributed by atoms with Crippen molar-refractivity contribution in [1.82, 2.24) is 9.66 Å². The number of aromatic nitrogens is 2. The summed E-state index contributed by atoms with van der Waals surface area (Å²) in [4.78, 5) is 30.2. The van der Waals surface area contributed by atoms with E-state index < -0.39 is 5.97 Å². The van der Waals surface area contributed by atoms with Crippen molar-refractivity contribution in [3.8, 4) is 23.1 Å². The third-order valence-corrected chi connectivity index (χ3v) is 6.81. The summed E-state index contributed by atoms with van der Waals surface area (Å²) in [5.74, 6) is 0.841. The van der Waals surface area contributed by atoms with Crippen molar-refractivity contribution < 1.29 is 23.4 Å². The number of carbonyl (C=O) groups excluding carboxylic acids is 1. The molecule has 2 aromatic heterocycles. The molecule has 0 saturated heterocycles. The van der Waals surface area contributed by atoms with Gasteiger partial charge in [0.25, 0.3) is 5.56 Å². The minimum Gasteiger partial charge on any atom is -0.493 e. The van der Waals surface area contributed by atoms with Crippen molar-refractivity contribution in [2.75, 3.05) is 13.7 Å². The fraction of sp³-hybridized carbons (Fsp3) is 0.172. The average Bonchev–Trinajstić information content (AvgIpc) is 3.34. The molecule has 0 N–H and O–H groups in total. The van der Waals surface area contributed by atoms with Gasteiger partial charge in [-0.15, -0.1) is 0 Å². The van der Waals surface area contributed by atoms with Crippen molar-refractivity contribution in [2.24, 2.45) is 5.10 Å². The van der Waals surface area contributed by atoms with Crippen LogP contribution in [0.1, 0.15) is 19.4 Å². The largest absolute Gasteiger partial charge is 0.493 e. The molecule has 5 aromatic rings. The average molecular weight is 669 g/mol. The molecule has 0 unspecified atom stereocenters. The van der Waals surface area contributed by atoms with Crippen LogP contribution in [0, 0.1) is 0 Å². The van der Waals surface area contributed by atoms with Gasteiger partial charge < -0.3 is 18.6 Å². The van der Waals surface area contributed by atoms with Gasteiger partial charge in [-0.2, -0.15) is 9.78 Å². The molecule has 0 spiro atoms. The predicted molar refractivity (Wildman–Crippen MR) is 159 cm³/mol. The van der Waals surface area contributed by atoms with Gasteiger partial charge in [0.05, 0.1) is 34.8 Å². The summed E-state index contributed by atoms with van der Waals surface area (Å²) in [6.45, 7) is 3.24. The maximum atomic E-state index is 13.5. The maximum absolute atomic E-state index is 13.5. The Morgan fingerprint density at radius 1 is 1.12 bits per heavy atom. The Kier molecular flexibility index (Phi) is 8.04. The fourth-order valence-electron chi connectivity index (χ4n) is 4.02. The highest BCUT2D eigenvalue weighted by Crippen LogP contribution is 2.36. The van der Waals surface area contributed by atoms with Gasteiger partial charge in [0.15, 0.2) is 23.9 Å². The molecule has 3 aromatic carbocycles. The summed E-state index contributed by atoms with van der Waals surface area (Å²) < 4.78 is 24.9. The number of ether oxygens (including phenoxy) is 3. The monoisotopic (exact) mass is 667 g/mol. The van der Waals surface area contributed by atoms with Crippen LogP contribution in [-0.4, -0.2) is 41.7 Å². The zero-order valence-corrected chi connectivity index (χ0v) is 24.9. The van der Waals surface area contributed by atoms with E-state index in [9.17, 15) is 9.59 Å². The molecule has 5 rings (SSSR count). The topological polar surface area (TPSA) is 105 Å². The predicted octanol–water partition coefficient (Wildman–Crippen LogP) is 6.56. The van der Waals surface area contributed by atoms with Crippen LogP contribution in [0.25, 0.3) is 33.5 Å². The third kappa shape index (κ3) is 5.80. The van der Waals surface area contributed by atoms with Crippen molar-refractivity contribution >= 4 is 65.9 Å². The second-order valence-electron chi connectivity index (χ2n) is 8.97. The molecule has 0 bridgehead atoms. The second-order valence-corrected chi connectivity index (χ2v) is 10.7. The van der Waals surface area contributed by atoms with Crippen molar-refractivity contribution in [2.45, 2.75) is 20.0 Å². The van der Waals surface area contributed by atoms with Crippen molar-refractivity contribution in [1.29, 1.82) is 0 Å². The Balaban J connectivity index is 1.55.